The Morgan fingerprint density at radius 1 is 0.850 bits per heavy atom. The lowest BCUT2D eigenvalue weighted by molar-refractivity contribution is 0.414. The van der Waals surface area contributed by atoms with Gasteiger partial charge in [-0.05, 0) is 53.1 Å². The van der Waals surface area contributed by atoms with Crippen molar-refractivity contribution in [3.63, 3.8) is 0 Å². The predicted octanol–water partition coefficient (Wildman–Crippen LogP) is 3.25. The first kappa shape index (κ1) is 12.7. The van der Waals surface area contributed by atoms with Crippen LogP contribution in [0.3, 0.4) is 0 Å². The van der Waals surface area contributed by atoms with Gasteiger partial charge in [-0.2, -0.15) is 0 Å². The first-order chi connectivity index (χ1) is 9.80. The molecule has 102 valence electrons. The van der Waals surface area contributed by atoms with Crippen molar-refractivity contribution in [2.45, 2.75) is 13.0 Å². The van der Waals surface area contributed by atoms with Crippen molar-refractivity contribution in [2.24, 2.45) is 4.99 Å². The lowest BCUT2D eigenvalue weighted by atomic mass is 9.95. The number of benzene rings is 2. The predicted molar refractivity (Wildman–Crippen MR) is 79.9 cm³/mol. The minimum absolute atomic E-state index is 0.716. The monoisotopic (exact) mass is 267 g/mol. The normalized spacial score (nSPS) is 13.4. The Morgan fingerprint density at radius 2 is 1.55 bits per heavy atom. The molecule has 0 fully saturated rings. The van der Waals surface area contributed by atoms with E-state index in [2.05, 4.69) is 24.3 Å². The standard InChI is InChI=1S/C17H17NO2/c1-19-15-6-3-12(4-7-15)17-10-13-5-8-16(20-2)9-14(13)11-18-17/h3-9H,10-11H2,1-2H3. The summed E-state index contributed by atoms with van der Waals surface area (Å²) in [4.78, 5) is 4.69. The van der Waals surface area contributed by atoms with E-state index >= 15 is 0 Å². The van der Waals surface area contributed by atoms with Gasteiger partial charge in [0.25, 0.3) is 0 Å². The maximum Gasteiger partial charge on any atom is 0.119 e. The summed E-state index contributed by atoms with van der Waals surface area (Å²) < 4.78 is 10.4. The number of nitrogens with zero attached hydrogens (tertiary/aromatic N) is 1. The minimum atomic E-state index is 0.716. The van der Waals surface area contributed by atoms with E-state index in [0.29, 0.717) is 6.54 Å². The highest BCUT2D eigenvalue weighted by Gasteiger charge is 2.14. The fraction of sp³-hybridized carbons (Fsp3) is 0.235. The van der Waals surface area contributed by atoms with Crippen LogP contribution in [0.2, 0.25) is 0 Å². The Bertz CT molecular complexity index is 645. The van der Waals surface area contributed by atoms with Gasteiger partial charge in [0, 0.05) is 12.1 Å². The lowest BCUT2D eigenvalue weighted by Crippen LogP contribution is -2.12. The topological polar surface area (TPSA) is 30.8 Å². The molecule has 0 saturated heterocycles. The number of hydrogen-bond donors (Lipinski definition) is 0. The average molecular weight is 267 g/mol. The van der Waals surface area contributed by atoms with Gasteiger partial charge in [0.15, 0.2) is 0 Å². The zero-order valence-corrected chi connectivity index (χ0v) is 11.7. The minimum Gasteiger partial charge on any atom is -0.497 e. The van der Waals surface area contributed by atoms with Crippen molar-refractivity contribution >= 4 is 5.71 Å². The summed E-state index contributed by atoms with van der Waals surface area (Å²) >= 11 is 0. The van der Waals surface area contributed by atoms with Crippen molar-refractivity contribution < 1.29 is 9.47 Å². The summed E-state index contributed by atoms with van der Waals surface area (Å²) in [5.74, 6) is 1.77. The van der Waals surface area contributed by atoms with Gasteiger partial charge in [-0.25, -0.2) is 0 Å². The summed E-state index contributed by atoms with van der Waals surface area (Å²) in [5.41, 5.74) is 4.87. The van der Waals surface area contributed by atoms with Crippen LogP contribution in [0, 0.1) is 0 Å². The van der Waals surface area contributed by atoms with Crippen LogP contribution >= 0.6 is 0 Å². The quantitative estimate of drug-likeness (QED) is 0.854. The molecule has 3 heteroatoms. The van der Waals surface area contributed by atoms with Gasteiger partial charge in [0.2, 0.25) is 0 Å². The van der Waals surface area contributed by atoms with E-state index in [1.807, 2.05) is 18.2 Å². The Kier molecular flexibility index (Phi) is 3.42. The van der Waals surface area contributed by atoms with Crippen molar-refractivity contribution in [3.8, 4) is 11.5 Å². The van der Waals surface area contributed by atoms with Crippen molar-refractivity contribution in [2.75, 3.05) is 14.2 Å². The zero-order chi connectivity index (χ0) is 13.9. The zero-order valence-electron chi connectivity index (χ0n) is 11.7. The largest absolute Gasteiger partial charge is 0.497 e. The third kappa shape index (κ3) is 2.39. The fourth-order valence-corrected chi connectivity index (χ4v) is 2.44. The number of hydrogen-bond acceptors (Lipinski definition) is 3. The van der Waals surface area contributed by atoms with Crippen LogP contribution in [-0.4, -0.2) is 19.9 Å². The van der Waals surface area contributed by atoms with Crippen LogP contribution in [0.15, 0.2) is 47.5 Å². The first-order valence-electron chi connectivity index (χ1n) is 6.63. The Hall–Kier alpha value is -2.29. The molecule has 1 heterocycles. The molecule has 0 amide bonds. The maximum absolute atomic E-state index is 5.25. The van der Waals surface area contributed by atoms with Crippen LogP contribution in [0.1, 0.15) is 16.7 Å². The number of methoxy groups -OCH3 is 2. The Labute approximate surface area is 118 Å². The molecule has 0 bridgehead atoms. The van der Waals surface area contributed by atoms with Gasteiger partial charge in [0.05, 0.1) is 20.8 Å². The van der Waals surface area contributed by atoms with Crippen molar-refractivity contribution in [1.82, 2.24) is 0 Å². The van der Waals surface area contributed by atoms with E-state index in [1.165, 1.54) is 11.1 Å². The number of aliphatic imine (C=N–C) groups is 1. The van der Waals surface area contributed by atoms with Crippen LogP contribution in [0.25, 0.3) is 0 Å². The van der Waals surface area contributed by atoms with Gasteiger partial charge in [-0.3, -0.25) is 4.99 Å². The van der Waals surface area contributed by atoms with E-state index < -0.39 is 0 Å². The summed E-state index contributed by atoms with van der Waals surface area (Å²) in [6, 6.07) is 14.3. The highest BCUT2D eigenvalue weighted by molar-refractivity contribution is 6.02. The van der Waals surface area contributed by atoms with E-state index in [0.717, 1.165) is 29.2 Å². The summed E-state index contributed by atoms with van der Waals surface area (Å²) in [6.45, 7) is 0.716. The van der Waals surface area contributed by atoms with E-state index in [-0.39, 0.29) is 0 Å². The van der Waals surface area contributed by atoms with Gasteiger partial charge >= 0.3 is 0 Å². The molecule has 20 heavy (non-hydrogen) atoms. The molecular weight excluding hydrogens is 250 g/mol. The molecule has 1 aliphatic rings. The smallest absolute Gasteiger partial charge is 0.119 e. The SMILES string of the molecule is COc1ccc(C2=NCc3cc(OC)ccc3C2)cc1. The molecular formula is C17H17NO2. The van der Waals surface area contributed by atoms with E-state index in [1.54, 1.807) is 14.2 Å². The van der Waals surface area contributed by atoms with Crippen LogP contribution in [-0.2, 0) is 13.0 Å². The molecule has 3 rings (SSSR count). The molecule has 2 aromatic carbocycles. The molecule has 0 saturated carbocycles. The summed E-state index contributed by atoms with van der Waals surface area (Å²) in [7, 11) is 3.37. The third-order valence-electron chi connectivity index (χ3n) is 3.63. The molecule has 0 spiro atoms. The third-order valence-corrected chi connectivity index (χ3v) is 3.63. The van der Waals surface area contributed by atoms with Gasteiger partial charge < -0.3 is 9.47 Å². The molecule has 1 aliphatic heterocycles. The fourth-order valence-electron chi connectivity index (χ4n) is 2.44. The van der Waals surface area contributed by atoms with Gasteiger partial charge in [-0.15, -0.1) is 0 Å². The number of fused-ring (bicyclic) bond motifs is 1. The molecule has 0 atom stereocenters. The molecule has 0 unspecified atom stereocenters. The van der Waals surface area contributed by atoms with Crippen molar-refractivity contribution in [3.05, 3.63) is 59.2 Å². The highest BCUT2D eigenvalue weighted by Crippen LogP contribution is 2.24. The molecule has 0 radical (unpaired) electrons. The van der Waals surface area contributed by atoms with E-state index in [9.17, 15) is 0 Å². The van der Waals surface area contributed by atoms with E-state index in [4.69, 9.17) is 14.5 Å². The van der Waals surface area contributed by atoms with Crippen LogP contribution < -0.4 is 9.47 Å². The second kappa shape index (κ2) is 5.37. The Balaban J connectivity index is 1.85. The molecule has 3 nitrogen and oxygen atoms in total. The Morgan fingerprint density at radius 3 is 2.25 bits per heavy atom. The average Bonchev–Trinajstić information content (AvgIpc) is 2.54. The van der Waals surface area contributed by atoms with Crippen LogP contribution in [0.5, 0.6) is 11.5 Å². The van der Waals surface area contributed by atoms with Gasteiger partial charge in [-0.1, -0.05) is 6.07 Å². The molecule has 0 N–H and O–H groups in total. The summed E-state index contributed by atoms with van der Waals surface area (Å²) in [6.07, 6.45) is 0.867. The molecule has 0 aliphatic carbocycles. The maximum atomic E-state index is 5.25. The second-order valence-corrected chi connectivity index (χ2v) is 4.80. The molecule has 0 aromatic heterocycles. The second-order valence-electron chi connectivity index (χ2n) is 4.80. The number of ether oxygens (including phenoxy) is 2. The highest BCUT2D eigenvalue weighted by atomic mass is 16.5. The number of rotatable bonds is 3. The van der Waals surface area contributed by atoms with Crippen LogP contribution in [0.4, 0.5) is 0 Å². The van der Waals surface area contributed by atoms with Crippen molar-refractivity contribution in [1.29, 1.82) is 0 Å². The first-order valence-corrected chi connectivity index (χ1v) is 6.63. The molecule has 2 aromatic rings. The van der Waals surface area contributed by atoms with Gasteiger partial charge in [0.1, 0.15) is 11.5 Å². The summed E-state index contributed by atoms with van der Waals surface area (Å²) in [5, 5.41) is 0. The lowest BCUT2D eigenvalue weighted by Gasteiger charge is -2.17.